The van der Waals surface area contributed by atoms with Crippen molar-refractivity contribution in [3.05, 3.63) is 66.5 Å². The third kappa shape index (κ3) is 14.3. The summed E-state index contributed by atoms with van der Waals surface area (Å²) in [5.41, 5.74) is 3.88. The van der Waals surface area contributed by atoms with Crippen molar-refractivity contribution in [2.24, 2.45) is 0 Å². The van der Waals surface area contributed by atoms with Crippen LogP contribution in [0.4, 0.5) is 36.8 Å². The van der Waals surface area contributed by atoms with Crippen LogP contribution >= 0.6 is 0 Å². The molecular formula is C30H36F6N6O6. The van der Waals surface area contributed by atoms with Crippen molar-refractivity contribution in [3.63, 3.8) is 0 Å². The molecule has 1 aliphatic heterocycles. The van der Waals surface area contributed by atoms with Gasteiger partial charge >= 0.3 is 30.3 Å². The third-order valence-corrected chi connectivity index (χ3v) is 6.75. The van der Waals surface area contributed by atoms with Crippen LogP contribution in [0.15, 0.2) is 60.9 Å². The summed E-state index contributed by atoms with van der Waals surface area (Å²) < 4.78 is 68.8. The van der Waals surface area contributed by atoms with E-state index < -0.39 is 24.3 Å². The average molecular weight is 691 g/mol. The highest BCUT2D eigenvalue weighted by molar-refractivity contribution is 5.89. The number of rotatable bonds is 9. The number of likely N-dealkylation sites (N-methyl/N-ethyl adjacent to an activating group) is 1. The van der Waals surface area contributed by atoms with Crippen molar-refractivity contribution in [1.29, 1.82) is 0 Å². The Morgan fingerprint density at radius 1 is 0.938 bits per heavy atom. The van der Waals surface area contributed by atoms with Crippen molar-refractivity contribution in [2.75, 3.05) is 58.7 Å². The molecule has 2 aromatic carbocycles. The van der Waals surface area contributed by atoms with Crippen LogP contribution in [0.1, 0.15) is 12.0 Å². The largest absolute Gasteiger partial charge is 0.497 e. The van der Waals surface area contributed by atoms with Crippen LogP contribution in [0, 0.1) is 0 Å². The maximum atomic E-state index is 13.3. The van der Waals surface area contributed by atoms with E-state index in [0.717, 1.165) is 67.3 Å². The molecule has 3 aromatic rings. The number of benzene rings is 2. The fourth-order valence-corrected chi connectivity index (χ4v) is 4.16. The van der Waals surface area contributed by atoms with Gasteiger partial charge in [-0.1, -0.05) is 24.3 Å². The first kappa shape index (κ1) is 39.3. The molecule has 1 aliphatic rings. The van der Waals surface area contributed by atoms with Gasteiger partial charge in [0, 0.05) is 56.7 Å². The minimum Gasteiger partial charge on any atom is -0.497 e. The van der Waals surface area contributed by atoms with Gasteiger partial charge in [-0.15, -0.1) is 0 Å². The van der Waals surface area contributed by atoms with Gasteiger partial charge in [0.2, 0.25) is 0 Å². The number of carboxylic acid groups (broad SMARTS) is 2. The fourth-order valence-electron chi connectivity index (χ4n) is 4.16. The van der Waals surface area contributed by atoms with Gasteiger partial charge in [-0.3, -0.25) is 5.10 Å². The van der Waals surface area contributed by atoms with Gasteiger partial charge in [0.1, 0.15) is 5.75 Å². The fraction of sp³-hybridized carbons (Fsp3) is 0.400. The molecule has 0 aliphatic carbocycles. The number of anilines is 1. The Kier molecular flexibility index (Phi) is 15.1. The summed E-state index contributed by atoms with van der Waals surface area (Å²) in [4.78, 5) is 37.8. The van der Waals surface area contributed by atoms with E-state index in [9.17, 15) is 31.1 Å². The first-order chi connectivity index (χ1) is 22.5. The number of aromatic amines is 1. The van der Waals surface area contributed by atoms with Gasteiger partial charge in [-0.2, -0.15) is 31.4 Å². The van der Waals surface area contributed by atoms with Crippen LogP contribution in [-0.2, 0) is 16.1 Å². The summed E-state index contributed by atoms with van der Waals surface area (Å²) in [6, 6.07) is 15.6. The molecule has 18 heteroatoms. The SMILES string of the molecule is COc1cccc(CN(CCCN2CCN(C)CC2)C(=O)Nc2ccc(-c3cn[nH]c3)cc2)c1.O=C(O)C(F)(F)F.O=C(O)C(F)(F)F. The molecule has 0 spiro atoms. The predicted molar refractivity (Wildman–Crippen MR) is 162 cm³/mol. The van der Waals surface area contributed by atoms with Crippen LogP contribution < -0.4 is 10.1 Å². The molecule has 0 bridgehead atoms. The molecule has 4 rings (SSSR count). The van der Waals surface area contributed by atoms with Crippen LogP contribution in [0.5, 0.6) is 5.75 Å². The Labute approximate surface area is 271 Å². The maximum Gasteiger partial charge on any atom is 0.490 e. The van der Waals surface area contributed by atoms with Crippen LogP contribution in [0.25, 0.3) is 11.1 Å². The second-order valence-corrected chi connectivity index (χ2v) is 10.4. The number of carbonyl (C=O) groups excluding carboxylic acids is 1. The smallest absolute Gasteiger partial charge is 0.490 e. The third-order valence-electron chi connectivity index (χ3n) is 6.75. The van der Waals surface area contributed by atoms with Crippen molar-refractivity contribution >= 4 is 23.7 Å². The first-order valence-corrected chi connectivity index (χ1v) is 14.3. The Balaban J connectivity index is 0.000000479. The topological polar surface area (TPSA) is 151 Å². The molecule has 0 saturated carbocycles. The lowest BCUT2D eigenvalue weighted by atomic mass is 10.1. The number of piperazine rings is 1. The number of H-pyrrole nitrogens is 1. The summed E-state index contributed by atoms with van der Waals surface area (Å²) in [5, 5.41) is 24.1. The molecule has 0 unspecified atom stereocenters. The van der Waals surface area contributed by atoms with Crippen LogP contribution in [0.3, 0.4) is 0 Å². The van der Waals surface area contributed by atoms with Crippen molar-refractivity contribution in [3.8, 4) is 16.9 Å². The number of nitrogens with zero attached hydrogens (tertiary/aromatic N) is 4. The number of hydrogen-bond donors (Lipinski definition) is 4. The van der Waals surface area contributed by atoms with Gasteiger partial charge in [0.15, 0.2) is 0 Å². The number of urea groups is 1. The summed E-state index contributed by atoms with van der Waals surface area (Å²) >= 11 is 0. The highest BCUT2D eigenvalue weighted by atomic mass is 19.4. The molecule has 0 atom stereocenters. The summed E-state index contributed by atoms with van der Waals surface area (Å²) in [6.45, 7) is 6.57. The van der Waals surface area contributed by atoms with E-state index in [1.54, 1.807) is 13.3 Å². The molecule has 2 heterocycles. The number of alkyl halides is 6. The second kappa shape index (κ2) is 18.5. The summed E-state index contributed by atoms with van der Waals surface area (Å²) in [5.74, 6) is -4.72. The number of methoxy groups -OCH3 is 1. The average Bonchev–Trinajstić information content (AvgIpc) is 3.57. The molecule has 12 nitrogen and oxygen atoms in total. The molecule has 4 N–H and O–H groups in total. The lowest BCUT2D eigenvalue weighted by molar-refractivity contribution is -0.193. The van der Waals surface area contributed by atoms with Crippen molar-refractivity contribution in [2.45, 2.75) is 25.3 Å². The number of amides is 2. The van der Waals surface area contributed by atoms with Gasteiger partial charge in [-0.05, 0) is 55.4 Å². The number of carboxylic acids is 2. The first-order valence-electron chi connectivity index (χ1n) is 14.3. The normalized spacial score (nSPS) is 13.7. The molecular weight excluding hydrogens is 654 g/mol. The molecule has 48 heavy (non-hydrogen) atoms. The molecule has 264 valence electrons. The molecule has 2 amide bonds. The van der Waals surface area contributed by atoms with Gasteiger partial charge < -0.3 is 35.0 Å². The van der Waals surface area contributed by atoms with Crippen molar-refractivity contribution < 1.29 is 55.7 Å². The van der Waals surface area contributed by atoms with Gasteiger partial charge in [0.05, 0.1) is 13.3 Å². The van der Waals surface area contributed by atoms with Gasteiger partial charge in [-0.25, -0.2) is 14.4 Å². The van der Waals surface area contributed by atoms with E-state index in [2.05, 4.69) is 32.4 Å². The monoisotopic (exact) mass is 690 g/mol. The minimum absolute atomic E-state index is 0.0998. The predicted octanol–water partition coefficient (Wildman–Crippen LogP) is 5.02. The minimum atomic E-state index is -5.08. The number of aliphatic carboxylic acids is 2. The maximum absolute atomic E-state index is 13.3. The Hall–Kier alpha value is -4.84. The number of aromatic nitrogens is 2. The summed E-state index contributed by atoms with van der Waals surface area (Å²) in [7, 11) is 3.83. The number of hydrogen-bond acceptors (Lipinski definition) is 7. The lowest BCUT2D eigenvalue weighted by Gasteiger charge is -2.33. The zero-order valence-electron chi connectivity index (χ0n) is 26.0. The molecule has 1 aromatic heterocycles. The number of carbonyl (C=O) groups is 3. The zero-order chi connectivity index (χ0) is 35.9. The Morgan fingerprint density at radius 2 is 1.52 bits per heavy atom. The Bertz CT molecular complexity index is 1410. The molecule has 1 saturated heterocycles. The van der Waals surface area contributed by atoms with Crippen LogP contribution in [0.2, 0.25) is 0 Å². The van der Waals surface area contributed by atoms with E-state index in [1.165, 1.54) is 0 Å². The zero-order valence-corrected chi connectivity index (χ0v) is 26.0. The van der Waals surface area contributed by atoms with E-state index in [4.69, 9.17) is 24.5 Å². The van der Waals surface area contributed by atoms with E-state index in [-0.39, 0.29) is 6.03 Å². The second-order valence-electron chi connectivity index (χ2n) is 10.4. The summed E-state index contributed by atoms with van der Waals surface area (Å²) in [6.07, 6.45) is -5.60. The lowest BCUT2D eigenvalue weighted by Crippen LogP contribution is -2.45. The number of nitrogens with one attached hydrogen (secondary N) is 2. The highest BCUT2D eigenvalue weighted by Gasteiger charge is 2.38. The quantitative estimate of drug-likeness (QED) is 0.227. The number of ether oxygens (including phenoxy) is 1. The highest BCUT2D eigenvalue weighted by Crippen LogP contribution is 2.21. The van der Waals surface area contributed by atoms with E-state index in [0.29, 0.717) is 13.1 Å². The molecule has 0 radical (unpaired) electrons. The Morgan fingerprint density at radius 3 is 2.02 bits per heavy atom. The standard InChI is InChI=1S/C26H34N6O2.2C2HF3O2/c1-30-13-15-31(16-14-30)11-4-12-32(20-21-5-3-6-25(17-21)34-2)26(33)29-24-9-7-22(8-10-24)23-18-27-28-19-23;2*3-2(4,5)1(6)7/h3,5-10,17-19H,4,11-16,20H2,1-2H3,(H,27,28)(H,29,33);2*(H,6,7). The molecule has 1 fully saturated rings. The van der Waals surface area contributed by atoms with Crippen molar-refractivity contribution in [1.82, 2.24) is 24.9 Å². The van der Waals surface area contributed by atoms with Crippen LogP contribution in [-0.4, -0.2) is 119 Å². The van der Waals surface area contributed by atoms with E-state index >= 15 is 0 Å². The van der Waals surface area contributed by atoms with Gasteiger partial charge in [0.25, 0.3) is 0 Å². The van der Waals surface area contributed by atoms with E-state index in [1.807, 2.05) is 59.6 Å². The number of halogens is 6.